The molecule has 0 saturated carbocycles. The van der Waals surface area contributed by atoms with Crippen LogP contribution < -0.4 is 5.32 Å². The molecule has 2 N–H and O–H groups in total. The van der Waals surface area contributed by atoms with Gasteiger partial charge in [0.05, 0.1) is 6.61 Å². The lowest BCUT2D eigenvalue weighted by Gasteiger charge is -2.19. The minimum Gasteiger partial charge on any atom is -0.481 e. The quantitative estimate of drug-likeness (QED) is 0.750. The second-order valence-corrected chi connectivity index (χ2v) is 6.98. The molecule has 1 amide bonds. The van der Waals surface area contributed by atoms with E-state index in [2.05, 4.69) is 5.32 Å². The van der Waals surface area contributed by atoms with Crippen molar-refractivity contribution in [2.24, 2.45) is 0 Å². The fourth-order valence-electron chi connectivity index (χ4n) is 3.42. The molecular weight excluding hydrogens is 342 g/mol. The van der Waals surface area contributed by atoms with E-state index in [1.807, 2.05) is 48.5 Å². The predicted molar refractivity (Wildman–Crippen MR) is 103 cm³/mol. The van der Waals surface area contributed by atoms with Gasteiger partial charge < -0.3 is 15.2 Å². The molecule has 1 heterocycles. The van der Waals surface area contributed by atoms with E-state index in [9.17, 15) is 9.59 Å². The van der Waals surface area contributed by atoms with Crippen LogP contribution in [0, 0.1) is 0 Å². The van der Waals surface area contributed by atoms with Gasteiger partial charge in [-0.1, -0.05) is 42.5 Å². The van der Waals surface area contributed by atoms with Crippen molar-refractivity contribution in [3.63, 3.8) is 0 Å². The topological polar surface area (TPSA) is 75.6 Å². The Morgan fingerprint density at radius 1 is 1.15 bits per heavy atom. The number of carboxylic acids is 1. The van der Waals surface area contributed by atoms with E-state index in [0.29, 0.717) is 30.9 Å². The van der Waals surface area contributed by atoms with Crippen molar-refractivity contribution in [2.75, 3.05) is 13.2 Å². The molecule has 1 aliphatic rings. The number of amides is 1. The summed E-state index contributed by atoms with van der Waals surface area (Å²) in [5.74, 6) is -0.683. The van der Waals surface area contributed by atoms with E-state index >= 15 is 0 Å². The van der Waals surface area contributed by atoms with Crippen molar-refractivity contribution >= 4 is 11.9 Å². The van der Waals surface area contributed by atoms with Gasteiger partial charge in [-0.25, -0.2) is 0 Å². The smallest absolute Gasteiger partial charge is 0.303 e. The molecule has 0 aliphatic carbocycles. The summed E-state index contributed by atoms with van der Waals surface area (Å²) < 4.78 is 5.44. The van der Waals surface area contributed by atoms with E-state index < -0.39 is 5.97 Å². The first kappa shape index (κ1) is 19.1. The summed E-state index contributed by atoms with van der Waals surface area (Å²) in [7, 11) is 0. The SMILES string of the molecule is O=C(O)CCC(Cc1ccccc1)NC(=O)c1cccc(C2CCOC2)c1. The summed E-state index contributed by atoms with van der Waals surface area (Å²) in [5, 5.41) is 12.0. The third kappa shape index (κ3) is 5.66. The van der Waals surface area contributed by atoms with Gasteiger partial charge in [-0.05, 0) is 42.5 Å². The maximum atomic E-state index is 12.8. The van der Waals surface area contributed by atoms with Crippen LogP contribution in [-0.2, 0) is 16.0 Å². The average molecular weight is 367 g/mol. The first-order valence-electron chi connectivity index (χ1n) is 9.36. The lowest BCUT2D eigenvalue weighted by atomic mass is 9.96. The Labute approximate surface area is 159 Å². The number of rotatable bonds is 8. The molecule has 1 aliphatic heterocycles. The maximum absolute atomic E-state index is 12.8. The largest absolute Gasteiger partial charge is 0.481 e. The average Bonchev–Trinajstić information content (AvgIpc) is 3.22. The number of nitrogens with one attached hydrogen (secondary N) is 1. The van der Waals surface area contributed by atoms with E-state index in [1.165, 1.54) is 0 Å². The second kappa shape index (κ2) is 9.33. The molecule has 2 aromatic rings. The van der Waals surface area contributed by atoms with Crippen molar-refractivity contribution < 1.29 is 19.4 Å². The minimum atomic E-state index is -0.856. The lowest BCUT2D eigenvalue weighted by Crippen LogP contribution is -2.37. The van der Waals surface area contributed by atoms with E-state index in [-0.39, 0.29) is 18.4 Å². The van der Waals surface area contributed by atoms with Crippen molar-refractivity contribution in [2.45, 2.75) is 37.6 Å². The summed E-state index contributed by atoms with van der Waals surface area (Å²) in [6.07, 6.45) is 2.00. The molecule has 5 nitrogen and oxygen atoms in total. The first-order chi connectivity index (χ1) is 13.1. The molecule has 2 unspecified atom stereocenters. The van der Waals surface area contributed by atoms with Crippen molar-refractivity contribution in [1.82, 2.24) is 5.32 Å². The van der Waals surface area contributed by atoms with Crippen molar-refractivity contribution in [3.05, 3.63) is 71.3 Å². The zero-order valence-corrected chi connectivity index (χ0v) is 15.3. The molecule has 142 valence electrons. The third-order valence-electron chi connectivity index (χ3n) is 4.92. The molecule has 5 heteroatoms. The molecule has 27 heavy (non-hydrogen) atoms. The fraction of sp³-hybridized carbons (Fsp3) is 0.364. The summed E-state index contributed by atoms with van der Waals surface area (Å²) in [5.41, 5.74) is 2.79. The highest BCUT2D eigenvalue weighted by Crippen LogP contribution is 2.25. The van der Waals surface area contributed by atoms with Crippen LogP contribution in [0.1, 0.15) is 46.7 Å². The zero-order chi connectivity index (χ0) is 19.1. The van der Waals surface area contributed by atoms with E-state index in [0.717, 1.165) is 24.2 Å². The zero-order valence-electron chi connectivity index (χ0n) is 15.3. The Hall–Kier alpha value is -2.66. The van der Waals surface area contributed by atoms with Gasteiger partial charge in [-0.2, -0.15) is 0 Å². The van der Waals surface area contributed by atoms with E-state index in [4.69, 9.17) is 9.84 Å². The summed E-state index contributed by atoms with van der Waals surface area (Å²) in [6, 6.07) is 17.2. The molecule has 1 fully saturated rings. The molecule has 0 aromatic heterocycles. The molecule has 3 rings (SSSR count). The monoisotopic (exact) mass is 367 g/mol. The Morgan fingerprint density at radius 3 is 2.67 bits per heavy atom. The molecular formula is C22H25NO4. The molecule has 0 radical (unpaired) electrons. The van der Waals surface area contributed by atoms with Gasteiger partial charge in [0.2, 0.25) is 0 Å². The second-order valence-electron chi connectivity index (χ2n) is 6.98. The number of hydrogen-bond acceptors (Lipinski definition) is 3. The van der Waals surface area contributed by atoms with Gasteiger partial charge in [0.15, 0.2) is 0 Å². The van der Waals surface area contributed by atoms with Crippen LogP contribution in [0.5, 0.6) is 0 Å². The predicted octanol–water partition coefficient (Wildman–Crippen LogP) is 3.40. The molecule has 0 bridgehead atoms. The van der Waals surface area contributed by atoms with Gasteiger partial charge in [-0.15, -0.1) is 0 Å². The normalized spacial score (nSPS) is 17.4. The number of benzene rings is 2. The van der Waals surface area contributed by atoms with Gasteiger partial charge in [0.1, 0.15) is 0 Å². The van der Waals surface area contributed by atoms with Gasteiger partial charge in [-0.3, -0.25) is 9.59 Å². The standard InChI is InChI=1S/C22H25NO4/c24-21(25)10-9-20(13-16-5-2-1-3-6-16)23-22(26)18-8-4-7-17(14-18)19-11-12-27-15-19/h1-8,14,19-20H,9-13,15H2,(H,23,26)(H,24,25). The molecule has 2 atom stereocenters. The highest BCUT2D eigenvalue weighted by Gasteiger charge is 2.20. The summed E-state index contributed by atoms with van der Waals surface area (Å²) in [6.45, 7) is 1.45. The van der Waals surface area contributed by atoms with Crippen molar-refractivity contribution in [1.29, 1.82) is 0 Å². The summed E-state index contributed by atoms with van der Waals surface area (Å²) >= 11 is 0. The van der Waals surface area contributed by atoms with Crippen LogP contribution in [-0.4, -0.2) is 36.2 Å². The molecule has 2 aromatic carbocycles. The first-order valence-corrected chi connectivity index (χ1v) is 9.36. The number of aliphatic carboxylic acids is 1. The van der Waals surface area contributed by atoms with Crippen molar-refractivity contribution in [3.8, 4) is 0 Å². The van der Waals surface area contributed by atoms with Crippen LogP contribution in [0.25, 0.3) is 0 Å². The van der Waals surface area contributed by atoms with Gasteiger partial charge in [0.25, 0.3) is 5.91 Å². The Balaban J connectivity index is 1.69. The van der Waals surface area contributed by atoms with Crippen LogP contribution in [0.4, 0.5) is 0 Å². The van der Waals surface area contributed by atoms with Crippen LogP contribution in [0.15, 0.2) is 54.6 Å². The highest BCUT2D eigenvalue weighted by atomic mass is 16.5. The molecule has 0 spiro atoms. The van der Waals surface area contributed by atoms with Gasteiger partial charge in [0, 0.05) is 30.6 Å². The van der Waals surface area contributed by atoms with E-state index in [1.54, 1.807) is 6.07 Å². The van der Waals surface area contributed by atoms with Gasteiger partial charge >= 0.3 is 5.97 Å². The summed E-state index contributed by atoms with van der Waals surface area (Å²) in [4.78, 5) is 23.7. The lowest BCUT2D eigenvalue weighted by molar-refractivity contribution is -0.137. The number of hydrogen-bond donors (Lipinski definition) is 2. The minimum absolute atomic E-state index is 0.0250. The Kier molecular flexibility index (Phi) is 6.60. The van der Waals surface area contributed by atoms with Crippen LogP contribution >= 0.6 is 0 Å². The molecule has 1 saturated heterocycles. The Bertz CT molecular complexity index is 769. The van der Waals surface area contributed by atoms with Crippen LogP contribution in [0.2, 0.25) is 0 Å². The highest BCUT2D eigenvalue weighted by molar-refractivity contribution is 5.94. The Morgan fingerprint density at radius 2 is 1.96 bits per heavy atom. The number of carbonyl (C=O) groups is 2. The fourth-order valence-corrected chi connectivity index (χ4v) is 3.42. The maximum Gasteiger partial charge on any atom is 0.303 e. The number of carboxylic acid groups (broad SMARTS) is 1. The number of carbonyl (C=O) groups excluding carboxylic acids is 1. The van der Waals surface area contributed by atoms with Crippen LogP contribution in [0.3, 0.4) is 0 Å². The number of ether oxygens (including phenoxy) is 1. The third-order valence-corrected chi connectivity index (χ3v) is 4.92.